The molecule has 1 aliphatic rings. The molecule has 5 nitrogen and oxygen atoms in total. The van der Waals surface area contributed by atoms with E-state index in [0.717, 1.165) is 12.8 Å². The second-order valence-electron chi connectivity index (χ2n) is 5.21. The van der Waals surface area contributed by atoms with Crippen LogP contribution in [0.15, 0.2) is 0 Å². The number of halogens is 1. The van der Waals surface area contributed by atoms with Gasteiger partial charge < -0.3 is 19.3 Å². The molecule has 2 atom stereocenters. The van der Waals surface area contributed by atoms with Crippen molar-refractivity contribution in [1.82, 2.24) is 9.80 Å². The molecule has 1 heterocycles. The summed E-state index contributed by atoms with van der Waals surface area (Å²) in [5.74, 6) is 0. The standard InChI is InChI=1S/C14H27BrN2O3/c1-6-14(7-2,20-5)11(3)17-10-12(15)16(13(17)18)8-9-19-4/h11-12H,6-10H2,1-5H3. The molecule has 0 spiro atoms. The molecule has 20 heavy (non-hydrogen) atoms. The van der Waals surface area contributed by atoms with Gasteiger partial charge in [0.2, 0.25) is 0 Å². The third-order valence-electron chi connectivity index (χ3n) is 4.55. The van der Waals surface area contributed by atoms with Crippen molar-refractivity contribution in [3.63, 3.8) is 0 Å². The SMILES string of the molecule is CCC(CC)(OC)C(C)N1CC(Br)N(CCOC)C1=O. The Morgan fingerprint density at radius 2 is 2.00 bits per heavy atom. The molecule has 0 bridgehead atoms. The van der Waals surface area contributed by atoms with Crippen LogP contribution in [0.25, 0.3) is 0 Å². The van der Waals surface area contributed by atoms with E-state index in [9.17, 15) is 4.79 Å². The van der Waals surface area contributed by atoms with Crippen molar-refractivity contribution >= 4 is 22.0 Å². The average molecular weight is 351 g/mol. The Balaban J connectivity index is 2.84. The van der Waals surface area contributed by atoms with Crippen LogP contribution >= 0.6 is 15.9 Å². The molecule has 2 unspecified atom stereocenters. The second kappa shape index (κ2) is 7.61. The minimum Gasteiger partial charge on any atom is -0.383 e. The number of hydrogen-bond donors (Lipinski definition) is 0. The van der Waals surface area contributed by atoms with Gasteiger partial charge in [0, 0.05) is 20.8 Å². The number of alkyl halides is 1. The highest BCUT2D eigenvalue weighted by atomic mass is 79.9. The molecule has 6 heteroatoms. The fraction of sp³-hybridized carbons (Fsp3) is 0.929. The summed E-state index contributed by atoms with van der Waals surface area (Å²) < 4.78 is 10.8. The molecule has 1 rings (SSSR count). The topological polar surface area (TPSA) is 42.0 Å². The van der Waals surface area contributed by atoms with Crippen molar-refractivity contribution in [3.05, 3.63) is 0 Å². The number of nitrogens with zero attached hydrogens (tertiary/aromatic N) is 2. The van der Waals surface area contributed by atoms with Crippen LogP contribution in [0.3, 0.4) is 0 Å². The summed E-state index contributed by atoms with van der Waals surface area (Å²) >= 11 is 3.58. The Hall–Kier alpha value is -0.330. The number of carbonyl (C=O) groups excluding carboxylic acids is 1. The molecule has 118 valence electrons. The molecule has 0 saturated carbocycles. The first kappa shape index (κ1) is 17.7. The van der Waals surface area contributed by atoms with Gasteiger partial charge in [0.25, 0.3) is 0 Å². The molecule has 0 aromatic rings. The van der Waals surface area contributed by atoms with Crippen LogP contribution in [0, 0.1) is 0 Å². The lowest BCUT2D eigenvalue weighted by Gasteiger charge is -2.41. The first-order chi connectivity index (χ1) is 9.47. The van der Waals surface area contributed by atoms with Crippen molar-refractivity contribution in [2.24, 2.45) is 0 Å². The molecule has 1 fully saturated rings. The summed E-state index contributed by atoms with van der Waals surface area (Å²) in [6, 6.07) is 0.0994. The lowest BCUT2D eigenvalue weighted by molar-refractivity contribution is -0.0657. The Morgan fingerprint density at radius 3 is 2.45 bits per heavy atom. The molecule has 1 aliphatic heterocycles. The van der Waals surface area contributed by atoms with Gasteiger partial charge in [-0.15, -0.1) is 0 Å². The van der Waals surface area contributed by atoms with Crippen LogP contribution < -0.4 is 0 Å². The average Bonchev–Trinajstić information content (AvgIpc) is 2.74. The molecular weight excluding hydrogens is 324 g/mol. The fourth-order valence-corrected chi connectivity index (χ4v) is 3.65. The zero-order chi connectivity index (χ0) is 15.3. The number of methoxy groups -OCH3 is 2. The van der Waals surface area contributed by atoms with E-state index < -0.39 is 0 Å². The maximum Gasteiger partial charge on any atom is 0.321 e. The Labute approximate surface area is 130 Å². The van der Waals surface area contributed by atoms with Crippen LogP contribution in [0.1, 0.15) is 33.6 Å². The van der Waals surface area contributed by atoms with Gasteiger partial charge >= 0.3 is 6.03 Å². The largest absolute Gasteiger partial charge is 0.383 e. The number of amides is 2. The summed E-state index contributed by atoms with van der Waals surface area (Å²) in [5, 5.41) is 0. The number of ether oxygens (including phenoxy) is 2. The third-order valence-corrected chi connectivity index (χ3v) is 5.33. The lowest BCUT2D eigenvalue weighted by Crippen LogP contribution is -2.53. The Bertz CT molecular complexity index is 315. The number of carbonyl (C=O) groups is 1. The van der Waals surface area contributed by atoms with Gasteiger partial charge in [-0.3, -0.25) is 0 Å². The van der Waals surface area contributed by atoms with Crippen LogP contribution in [0.2, 0.25) is 0 Å². The minimum atomic E-state index is -0.278. The van der Waals surface area contributed by atoms with Crippen molar-refractivity contribution < 1.29 is 14.3 Å². The zero-order valence-corrected chi connectivity index (χ0v) is 14.8. The molecule has 1 saturated heterocycles. The number of rotatable bonds is 8. The Kier molecular flexibility index (Phi) is 6.75. The summed E-state index contributed by atoms with van der Waals surface area (Å²) in [4.78, 5) is 16.3. The minimum absolute atomic E-state index is 0.0378. The van der Waals surface area contributed by atoms with Crippen LogP contribution in [0.5, 0.6) is 0 Å². The highest BCUT2D eigenvalue weighted by Crippen LogP contribution is 2.32. The Morgan fingerprint density at radius 1 is 1.40 bits per heavy atom. The van der Waals surface area contributed by atoms with E-state index in [1.165, 1.54) is 0 Å². The predicted octanol–water partition coefficient (Wildman–Crippen LogP) is 2.69. The van der Waals surface area contributed by atoms with Gasteiger partial charge in [0.15, 0.2) is 0 Å². The van der Waals surface area contributed by atoms with Gasteiger partial charge in [-0.1, -0.05) is 29.8 Å². The highest BCUT2D eigenvalue weighted by Gasteiger charge is 2.45. The molecule has 0 radical (unpaired) electrons. The maximum absolute atomic E-state index is 12.6. The number of urea groups is 1. The summed E-state index contributed by atoms with van der Waals surface area (Å²) in [6.45, 7) is 8.12. The van der Waals surface area contributed by atoms with E-state index in [-0.39, 0.29) is 22.6 Å². The van der Waals surface area contributed by atoms with Gasteiger partial charge in [0.05, 0.1) is 24.8 Å². The van der Waals surface area contributed by atoms with Crippen LogP contribution in [-0.4, -0.2) is 66.3 Å². The predicted molar refractivity (Wildman–Crippen MR) is 83.2 cm³/mol. The van der Waals surface area contributed by atoms with Gasteiger partial charge in [0.1, 0.15) is 4.95 Å². The van der Waals surface area contributed by atoms with Crippen molar-refractivity contribution in [1.29, 1.82) is 0 Å². The van der Waals surface area contributed by atoms with Crippen LogP contribution in [-0.2, 0) is 9.47 Å². The molecule has 0 aromatic carbocycles. The zero-order valence-electron chi connectivity index (χ0n) is 13.2. The molecular formula is C14H27BrN2O3. The first-order valence-corrected chi connectivity index (χ1v) is 8.14. The van der Waals surface area contributed by atoms with Crippen LogP contribution in [0.4, 0.5) is 4.79 Å². The molecule has 2 amide bonds. The van der Waals surface area contributed by atoms with Gasteiger partial charge in [-0.05, 0) is 19.8 Å². The summed E-state index contributed by atoms with van der Waals surface area (Å²) in [6.07, 6.45) is 1.77. The van der Waals surface area contributed by atoms with Crippen molar-refractivity contribution in [2.45, 2.75) is 50.2 Å². The second-order valence-corrected chi connectivity index (χ2v) is 6.26. The van der Waals surface area contributed by atoms with E-state index in [4.69, 9.17) is 9.47 Å². The molecule has 0 aliphatic carbocycles. The first-order valence-electron chi connectivity index (χ1n) is 7.22. The van der Waals surface area contributed by atoms with Gasteiger partial charge in [-0.25, -0.2) is 4.79 Å². The summed E-state index contributed by atoms with van der Waals surface area (Å²) in [5.41, 5.74) is -0.278. The smallest absolute Gasteiger partial charge is 0.321 e. The highest BCUT2D eigenvalue weighted by molar-refractivity contribution is 9.09. The van der Waals surface area contributed by atoms with E-state index in [1.54, 1.807) is 14.2 Å². The van der Waals surface area contributed by atoms with Crippen molar-refractivity contribution in [3.8, 4) is 0 Å². The lowest BCUT2D eigenvalue weighted by atomic mass is 9.88. The normalized spacial score (nSPS) is 21.7. The van der Waals surface area contributed by atoms with Gasteiger partial charge in [-0.2, -0.15) is 0 Å². The van der Waals surface area contributed by atoms with E-state index in [2.05, 4.69) is 36.7 Å². The fourth-order valence-electron chi connectivity index (χ4n) is 2.96. The monoisotopic (exact) mass is 350 g/mol. The quantitative estimate of drug-likeness (QED) is 0.499. The third kappa shape index (κ3) is 3.28. The van der Waals surface area contributed by atoms with E-state index in [1.807, 2.05) is 9.80 Å². The molecule has 0 N–H and O–H groups in total. The number of hydrogen-bond acceptors (Lipinski definition) is 3. The summed E-state index contributed by atoms with van der Waals surface area (Å²) in [7, 11) is 3.38. The van der Waals surface area contributed by atoms with Crippen molar-refractivity contribution in [2.75, 3.05) is 33.9 Å². The maximum atomic E-state index is 12.6. The molecule has 0 aromatic heterocycles. The van der Waals surface area contributed by atoms with E-state index in [0.29, 0.717) is 19.7 Å². The van der Waals surface area contributed by atoms with E-state index >= 15 is 0 Å².